The zero-order chi connectivity index (χ0) is 43.8. The Labute approximate surface area is 365 Å². The molecule has 1 aliphatic carbocycles. The van der Waals surface area contributed by atoms with Gasteiger partial charge in [-0.1, -0.05) is 13.0 Å². The molecule has 3 saturated heterocycles. The molecule has 14 nitrogen and oxygen atoms in total. The highest BCUT2D eigenvalue weighted by Gasteiger charge is 2.46. The van der Waals surface area contributed by atoms with E-state index in [0.717, 1.165) is 47.0 Å². The van der Waals surface area contributed by atoms with Crippen LogP contribution in [0.2, 0.25) is 0 Å². The number of carbonyl (C=O) groups is 6. The molecule has 15 heteroatoms. The second kappa shape index (κ2) is 17.9. The summed E-state index contributed by atoms with van der Waals surface area (Å²) in [4.78, 5) is 89.3. The molecular weight excluding hydrogens is 806 g/mol. The Kier molecular flexibility index (Phi) is 11.9. The van der Waals surface area contributed by atoms with E-state index in [9.17, 15) is 33.2 Å². The lowest BCUT2D eigenvalue weighted by atomic mass is 9.73. The molecule has 1 saturated carbocycles. The number of nitrogens with zero attached hydrogens (tertiary/aromatic N) is 5. The maximum atomic E-state index is 14.1. The number of hydrogen-bond acceptors (Lipinski definition) is 10. The van der Waals surface area contributed by atoms with Crippen molar-refractivity contribution in [1.82, 2.24) is 25.0 Å². The van der Waals surface area contributed by atoms with E-state index in [4.69, 9.17) is 4.74 Å². The molecule has 3 aromatic carbocycles. The predicted octanol–water partition coefficient (Wildman–Crippen LogP) is 5.52. The highest BCUT2D eigenvalue weighted by Crippen LogP contribution is 2.41. The van der Waals surface area contributed by atoms with Gasteiger partial charge in [0.15, 0.2) is 0 Å². The molecule has 9 rings (SSSR count). The van der Waals surface area contributed by atoms with Crippen LogP contribution in [0.15, 0.2) is 72.9 Å². The van der Waals surface area contributed by atoms with Gasteiger partial charge in [0.25, 0.3) is 11.8 Å². The number of pyridine rings is 1. The zero-order valence-electron chi connectivity index (χ0n) is 35.4. The van der Waals surface area contributed by atoms with Crippen LogP contribution in [0.3, 0.4) is 0 Å². The van der Waals surface area contributed by atoms with Crippen LogP contribution < -0.4 is 20.3 Å². The zero-order valence-corrected chi connectivity index (χ0v) is 35.4. The molecule has 6 amide bonds. The molecule has 63 heavy (non-hydrogen) atoms. The summed E-state index contributed by atoms with van der Waals surface area (Å²) in [6.45, 7) is 5.76. The van der Waals surface area contributed by atoms with Crippen molar-refractivity contribution in [3.63, 3.8) is 0 Å². The minimum absolute atomic E-state index is 0.00362. The third-order valence-electron chi connectivity index (χ3n) is 13.8. The second-order valence-electron chi connectivity index (χ2n) is 17.6. The number of likely N-dealkylation sites (tertiary alicyclic amines) is 1. The Morgan fingerprint density at radius 3 is 2.33 bits per heavy atom. The van der Waals surface area contributed by atoms with Gasteiger partial charge >= 0.3 is 0 Å². The summed E-state index contributed by atoms with van der Waals surface area (Å²) in [5.41, 5.74) is 3.81. The van der Waals surface area contributed by atoms with E-state index < -0.39 is 29.7 Å². The van der Waals surface area contributed by atoms with Crippen LogP contribution >= 0.6 is 0 Å². The summed E-state index contributed by atoms with van der Waals surface area (Å²) >= 11 is 0. The van der Waals surface area contributed by atoms with E-state index in [2.05, 4.69) is 20.5 Å². The van der Waals surface area contributed by atoms with Crippen LogP contribution in [0.1, 0.15) is 90.5 Å². The molecule has 328 valence electrons. The summed E-state index contributed by atoms with van der Waals surface area (Å²) < 4.78 is 20.3. The first-order valence-corrected chi connectivity index (χ1v) is 22.2. The first-order chi connectivity index (χ1) is 30.5. The number of nitrogens with one attached hydrogen (secondary N) is 2. The third-order valence-corrected chi connectivity index (χ3v) is 13.8. The molecule has 1 unspecified atom stereocenters. The topological polar surface area (TPSA) is 162 Å². The molecule has 2 atom stereocenters. The maximum absolute atomic E-state index is 14.1. The summed E-state index contributed by atoms with van der Waals surface area (Å²) in [6, 6.07) is 18.3. The SMILES string of the molecule is C[C@@H](C(=O)Nc1ccc(OC2CCN(C(=O)CN3CCN(c4cccc5c4C(=O)N(C4CCC(=O)NC4=O)C5=O)CC3)CC2)cc1)[C@H]1CC[C@@H](c2ccnc3ccc(F)cc32)CC1. The van der Waals surface area contributed by atoms with Gasteiger partial charge in [-0.25, -0.2) is 4.39 Å². The van der Waals surface area contributed by atoms with Crippen molar-refractivity contribution in [2.45, 2.75) is 76.4 Å². The number of halogens is 1. The maximum Gasteiger partial charge on any atom is 0.264 e. The van der Waals surface area contributed by atoms with E-state index in [-0.39, 0.29) is 66.1 Å². The molecule has 1 aromatic heterocycles. The number of anilines is 2. The van der Waals surface area contributed by atoms with Gasteiger partial charge in [0.2, 0.25) is 23.6 Å². The van der Waals surface area contributed by atoms with E-state index in [0.29, 0.717) is 75.2 Å². The molecule has 0 radical (unpaired) electrons. The Bertz CT molecular complexity index is 2440. The molecule has 0 bridgehead atoms. The number of fused-ring (bicyclic) bond motifs is 2. The van der Waals surface area contributed by atoms with Crippen molar-refractivity contribution in [1.29, 1.82) is 0 Å². The fraction of sp³-hybridized carbons (Fsp3) is 0.438. The molecule has 5 heterocycles. The number of hydrogen-bond donors (Lipinski definition) is 2. The lowest BCUT2D eigenvalue weighted by Gasteiger charge is -2.38. The number of aromatic nitrogens is 1. The normalized spacial score (nSPS) is 22.8. The smallest absolute Gasteiger partial charge is 0.264 e. The summed E-state index contributed by atoms with van der Waals surface area (Å²) in [6.07, 6.45) is 7.06. The number of benzene rings is 3. The Hall–Kier alpha value is -6.22. The minimum atomic E-state index is -1.02. The molecule has 4 aliphatic heterocycles. The summed E-state index contributed by atoms with van der Waals surface area (Å²) in [7, 11) is 0. The molecule has 0 spiro atoms. The average Bonchev–Trinajstić information content (AvgIpc) is 3.55. The van der Waals surface area contributed by atoms with E-state index in [1.807, 2.05) is 53.1 Å². The van der Waals surface area contributed by atoms with Crippen LogP contribution in [-0.4, -0.2) is 113 Å². The van der Waals surface area contributed by atoms with Gasteiger partial charge in [-0.15, -0.1) is 0 Å². The summed E-state index contributed by atoms with van der Waals surface area (Å²) in [5, 5.41) is 6.20. The highest BCUT2D eigenvalue weighted by molar-refractivity contribution is 6.25. The van der Waals surface area contributed by atoms with Gasteiger partial charge in [-0.05, 0) is 110 Å². The molecular formula is C48H52FN7O7. The Morgan fingerprint density at radius 2 is 1.60 bits per heavy atom. The van der Waals surface area contributed by atoms with E-state index >= 15 is 0 Å². The largest absolute Gasteiger partial charge is 0.490 e. The lowest BCUT2D eigenvalue weighted by molar-refractivity contribution is -0.136. The number of rotatable bonds is 10. The fourth-order valence-corrected chi connectivity index (χ4v) is 10.1. The standard InChI is InChI=1S/C48H52FN7O7/c1-29(30-5-7-31(8-6-30)36-17-20-50-39-14-9-32(49)27-38(36)39)45(59)51-33-10-12-34(13-11-33)63-35-18-21-55(22-19-35)43(58)28-53-23-25-54(26-24-53)40-4-2-3-37-44(40)48(62)56(47(37)61)41-15-16-42(57)52-46(41)60/h2-4,9-14,17,20,27,29-31,35,41H,5-8,15-16,18-19,21-26,28H2,1H3,(H,51,59)(H,52,57,60)/t29-,30-,31+,41?/m1/s1. The van der Waals surface area contributed by atoms with E-state index in [1.165, 1.54) is 6.07 Å². The average molecular weight is 858 g/mol. The second-order valence-corrected chi connectivity index (χ2v) is 17.6. The number of piperidine rings is 2. The number of imide groups is 2. The number of piperazine rings is 1. The first kappa shape index (κ1) is 42.1. The van der Waals surface area contributed by atoms with Gasteiger partial charge in [0.1, 0.15) is 23.7 Å². The Balaban J connectivity index is 0.698. The predicted molar refractivity (Wildman–Crippen MR) is 233 cm³/mol. The van der Waals surface area contributed by atoms with Crippen molar-refractivity contribution in [3.8, 4) is 5.75 Å². The van der Waals surface area contributed by atoms with Crippen LogP contribution in [0.25, 0.3) is 10.9 Å². The number of amides is 6. The van der Waals surface area contributed by atoms with Gasteiger partial charge in [0.05, 0.1) is 28.9 Å². The minimum Gasteiger partial charge on any atom is -0.490 e. The number of carbonyl (C=O) groups excluding carboxylic acids is 6. The van der Waals surface area contributed by atoms with Crippen molar-refractivity contribution >= 4 is 57.7 Å². The van der Waals surface area contributed by atoms with Crippen LogP contribution in [-0.2, 0) is 19.2 Å². The molecule has 4 fully saturated rings. The third kappa shape index (κ3) is 8.75. The van der Waals surface area contributed by atoms with Crippen LogP contribution in [0.5, 0.6) is 5.75 Å². The highest BCUT2D eigenvalue weighted by atomic mass is 19.1. The van der Waals surface area contributed by atoms with Gasteiger partial charge in [-0.2, -0.15) is 0 Å². The quantitative estimate of drug-likeness (QED) is 0.195. The van der Waals surface area contributed by atoms with Gasteiger partial charge in [-0.3, -0.25) is 48.9 Å². The van der Waals surface area contributed by atoms with Gasteiger partial charge < -0.3 is 19.9 Å². The lowest BCUT2D eigenvalue weighted by Crippen LogP contribution is -2.54. The monoisotopic (exact) mass is 857 g/mol. The van der Waals surface area contributed by atoms with Crippen molar-refractivity contribution in [2.24, 2.45) is 11.8 Å². The van der Waals surface area contributed by atoms with Crippen LogP contribution in [0.4, 0.5) is 15.8 Å². The first-order valence-electron chi connectivity index (χ1n) is 22.2. The van der Waals surface area contributed by atoms with Gasteiger partial charge in [0, 0.05) is 81.7 Å². The summed E-state index contributed by atoms with van der Waals surface area (Å²) in [5.74, 6) is -1.17. The Morgan fingerprint density at radius 1 is 0.857 bits per heavy atom. The van der Waals surface area contributed by atoms with E-state index in [1.54, 1.807) is 30.5 Å². The molecule has 2 N–H and O–H groups in total. The van der Waals surface area contributed by atoms with Crippen molar-refractivity contribution < 1.29 is 37.9 Å². The number of ether oxygens (including phenoxy) is 1. The van der Waals surface area contributed by atoms with Crippen LogP contribution in [0, 0.1) is 17.7 Å². The van der Waals surface area contributed by atoms with Crippen molar-refractivity contribution in [2.75, 3.05) is 56.0 Å². The molecule has 4 aromatic rings. The fourth-order valence-electron chi connectivity index (χ4n) is 10.1. The van der Waals surface area contributed by atoms with Crippen molar-refractivity contribution in [3.05, 3.63) is 95.4 Å². The molecule has 5 aliphatic rings.